The molecule has 17 heavy (non-hydrogen) atoms. The molecule has 0 radical (unpaired) electrons. The summed E-state index contributed by atoms with van der Waals surface area (Å²) in [6.07, 6.45) is 2.72. The molecule has 2 aromatic rings. The molecule has 0 aliphatic heterocycles. The number of aromatic hydroxyl groups is 1. The van der Waals surface area contributed by atoms with Crippen molar-refractivity contribution in [3.63, 3.8) is 0 Å². The largest absolute Gasteiger partial charge is 0.506 e. The van der Waals surface area contributed by atoms with Gasteiger partial charge in [-0.2, -0.15) is 0 Å². The van der Waals surface area contributed by atoms with E-state index in [1.807, 2.05) is 24.4 Å². The zero-order chi connectivity index (χ0) is 12.3. The third-order valence-corrected chi connectivity index (χ3v) is 3.36. The highest BCUT2D eigenvalue weighted by Gasteiger charge is 2.12. The third kappa shape index (κ3) is 2.82. The normalized spacial score (nSPS) is 12.1. The summed E-state index contributed by atoms with van der Waals surface area (Å²) in [5, 5.41) is 14.1. The number of carbonyl (C=O) groups is 1. The molecular formula is C12H12N2O2S. The van der Waals surface area contributed by atoms with Crippen LogP contribution in [-0.4, -0.2) is 16.0 Å². The minimum absolute atomic E-state index is 0.0126. The van der Waals surface area contributed by atoms with Gasteiger partial charge < -0.3 is 10.4 Å². The fourth-order valence-electron chi connectivity index (χ4n) is 1.44. The van der Waals surface area contributed by atoms with E-state index in [0.717, 1.165) is 4.88 Å². The molecule has 2 heterocycles. The molecule has 0 fully saturated rings. The zero-order valence-corrected chi connectivity index (χ0v) is 10.1. The molecule has 1 unspecified atom stereocenters. The Hall–Kier alpha value is -1.88. The van der Waals surface area contributed by atoms with Crippen LogP contribution < -0.4 is 5.32 Å². The average molecular weight is 248 g/mol. The van der Waals surface area contributed by atoms with E-state index >= 15 is 0 Å². The van der Waals surface area contributed by atoms with E-state index in [9.17, 15) is 9.90 Å². The summed E-state index contributed by atoms with van der Waals surface area (Å²) in [6, 6.07) is 5.25. The van der Waals surface area contributed by atoms with Crippen LogP contribution in [0.3, 0.4) is 0 Å². The average Bonchev–Trinajstić information content (AvgIpc) is 2.82. The van der Waals surface area contributed by atoms with Crippen molar-refractivity contribution in [3.05, 3.63) is 46.4 Å². The number of aromatic nitrogens is 1. The Kier molecular flexibility index (Phi) is 3.39. The molecule has 0 spiro atoms. The van der Waals surface area contributed by atoms with Gasteiger partial charge in [-0.25, -0.2) is 0 Å². The first-order valence-corrected chi connectivity index (χ1v) is 6.03. The lowest BCUT2D eigenvalue weighted by molar-refractivity contribution is 0.0939. The maximum absolute atomic E-state index is 11.8. The summed E-state index contributed by atoms with van der Waals surface area (Å²) in [7, 11) is 0. The first-order valence-electron chi connectivity index (χ1n) is 5.15. The summed E-state index contributed by atoms with van der Waals surface area (Å²) >= 11 is 1.59. The van der Waals surface area contributed by atoms with Crippen LogP contribution in [0, 0.1) is 0 Å². The van der Waals surface area contributed by atoms with Crippen molar-refractivity contribution < 1.29 is 9.90 Å². The minimum atomic E-state index is -0.241. The first kappa shape index (κ1) is 11.6. The molecule has 0 aliphatic rings. The standard InChI is InChI=1S/C12H12N2O2S/c1-8(11-3-2-4-17-11)14-12(16)9-5-10(15)7-13-6-9/h2-8,15H,1H3,(H,14,16). The van der Waals surface area contributed by atoms with Crippen LogP contribution in [0.4, 0.5) is 0 Å². The second kappa shape index (κ2) is 4.97. The van der Waals surface area contributed by atoms with Crippen molar-refractivity contribution in [1.29, 1.82) is 0 Å². The summed E-state index contributed by atoms with van der Waals surface area (Å²) in [5.74, 6) is -0.254. The number of amides is 1. The summed E-state index contributed by atoms with van der Waals surface area (Å²) in [5.41, 5.74) is 0.355. The number of carbonyl (C=O) groups excluding carboxylic acids is 1. The number of hydrogen-bond acceptors (Lipinski definition) is 4. The van der Waals surface area contributed by atoms with Gasteiger partial charge in [-0.3, -0.25) is 9.78 Å². The van der Waals surface area contributed by atoms with Crippen molar-refractivity contribution in [2.24, 2.45) is 0 Å². The van der Waals surface area contributed by atoms with Crippen LogP contribution in [-0.2, 0) is 0 Å². The molecule has 1 amide bonds. The fourth-order valence-corrected chi connectivity index (χ4v) is 2.18. The quantitative estimate of drug-likeness (QED) is 0.876. The van der Waals surface area contributed by atoms with Crippen molar-refractivity contribution in [3.8, 4) is 5.75 Å². The lowest BCUT2D eigenvalue weighted by Crippen LogP contribution is -2.26. The van der Waals surface area contributed by atoms with Crippen molar-refractivity contribution in [1.82, 2.24) is 10.3 Å². The smallest absolute Gasteiger partial charge is 0.253 e. The molecule has 4 nitrogen and oxygen atoms in total. The van der Waals surface area contributed by atoms with Crippen molar-refractivity contribution in [2.75, 3.05) is 0 Å². The fraction of sp³-hybridized carbons (Fsp3) is 0.167. The van der Waals surface area contributed by atoms with E-state index < -0.39 is 0 Å². The van der Waals surface area contributed by atoms with E-state index in [-0.39, 0.29) is 17.7 Å². The van der Waals surface area contributed by atoms with E-state index in [0.29, 0.717) is 5.56 Å². The molecular weight excluding hydrogens is 236 g/mol. The minimum Gasteiger partial charge on any atom is -0.506 e. The van der Waals surface area contributed by atoms with Gasteiger partial charge >= 0.3 is 0 Å². The van der Waals surface area contributed by atoms with Crippen LogP contribution in [0.15, 0.2) is 36.0 Å². The predicted molar refractivity (Wildman–Crippen MR) is 66.1 cm³/mol. The van der Waals surface area contributed by atoms with E-state index in [2.05, 4.69) is 10.3 Å². The maximum atomic E-state index is 11.8. The molecule has 0 aliphatic carbocycles. The summed E-state index contributed by atoms with van der Waals surface area (Å²) in [6.45, 7) is 1.92. The Morgan fingerprint density at radius 3 is 3.00 bits per heavy atom. The van der Waals surface area contributed by atoms with Crippen LogP contribution in [0.5, 0.6) is 5.75 Å². The Morgan fingerprint density at radius 1 is 1.53 bits per heavy atom. The topological polar surface area (TPSA) is 62.2 Å². The monoisotopic (exact) mass is 248 g/mol. The molecule has 88 valence electrons. The van der Waals surface area contributed by atoms with E-state index in [1.54, 1.807) is 11.3 Å². The highest BCUT2D eigenvalue weighted by atomic mass is 32.1. The molecule has 1 atom stereocenters. The summed E-state index contributed by atoms with van der Waals surface area (Å²) < 4.78 is 0. The summed E-state index contributed by atoms with van der Waals surface area (Å²) in [4.78, 5) is 16.7. The van der Waals surface area contributed by atoms with Gasteiger partial charge in [0.25, 0.3) is 5.91 Å². The van der Waals surface area contributed by atoms with E-state index in [1.165, 1.54) is 18.5 Å². The molecule has 0 saturated heterocycles. The second-order valence-corrected chi connectivity index (χ2v) is 4.62. The predicted octanol–water partition coefficient (Wildman–Crippen LogP) is 2.34. The maximum Gasteiger partial charge on any atom is 0.253 e. The van der Waals surface area contributed by atoms with Gasteiger partial charge in [0.05, 0.1) is 17.8 Å². The van der Waals surface area contributed by atoms with Gasteiger partial charge in [0, 0.05) is 11.1 Å². The number of nitrogens with zero attached hydrogens (tertiary/aromatic N) is 1. The van der Waals surface area contributed by atoms with Crippen LogP contribution in [0.1, 0.15) is 28.2 Å². The molecule has 0 bridgehead atoms. The lowest BCUT2D eigenvalue weighted by Gasteiger charge is -2.11. The molecule has 2 N–H and O–H groups in total. The Morgan fingerprint density at radius 2 is 2.35 bits per heavy atom. The van der Waals surface area contributed by atoms with Crippen molar-refractivity contribution in [2.45, 2.75) is 13.0 Å². The Bertz CT molecular complexity index is 511. The molecule has 0 saturated carbocycles. The highest BCUT2D eigenvalue weighted by molar-refractivity contribution is 7.10. The van der Waals surface area contributed by atoms with E-state index in [4.69, 9.17) is 0 Å². The molecule has 2 rings (SSSR count). The lowest BCUT2D eigenvalue weighted by atomic mass is 10.2. The van der Waals surface area contributed by atoms with Gasteiger partial charge in [0.15, 0.2) is 0 Å². The second-order valence-electron chi connectivity index (χ2n) is 3.64. The van der Waals surface area contributed by atoms with Gasteiger partial charge in [-0.05, 0) is 24.4 Å². The van der Waals surface area contributed by atoms with Gasteiger partial charge in [-0.15, -0.1) is 11.3 Å². The SMILES string of the molecule is CC(NC(=O)c1cncc(O)c1)c1cccs1. The van der Waals surface area contributed by atoms with Crippen LogP contribution >= 0.6 is 11.3 Å². The third-order valence-electron chi connectivity index (χ3n) is 2.30. The Labute approximate surface area is 103 Å². The van der Waals surface area contributed by atoms with Crippen molar-refractivity contribution >= 4 is 17.2 Å². The number of pyridine rings is 1. The van der Waals surface area contributed by atoms with Gasteiger partial charge in [0.2, 0.25) is 0 Å². The first-order chi connectivity index (χ1) is 8.16. The number of nitrogens with one attached hydrogen (secondary N) is 1. The number of rotatable bonds is 3. The van der Waals surface area contributed by atoms with Gasteiger partial charge in [-0.1, -0.05) is 6.07 Å². The van der Waals surface area contributed by atoms with Crippen LogP contribution in [0.2, 0.25) is 0 Å². The number of hydrogen-bond donors (Lipinski definition) is 2. The molecule has 2 aromatic heterocycles. The molecule has 0 aromatic carbocycles. The Balaban J connectivity index is 2.07. The zero-order valence-electron chi connectivity index (χ0n) is 9.25. The van der Waals surface area contributed by atoms with Crippen LogP contribution in [0.25, 0.3) is 0 Å². The number of thiophene rings is 1. The van der Waals surface area contributed by atoms with Gasteiger partial charge in [0.1, 0.15) is 5.75 Å². The molecule has 5 heteroatoms. The highest BCUT2D eigenvalue weighted by Crippen LogP contribution is 2.18.